The highest BCUT2D eigenvalue weighted by Crippen LogP contribution is 2.22. The first-order valence-electron chi connectivity index (χ1n) is 8.78. The van der Waals surface area contributed by atoms with Crippen molar-refractivity contribution < 1.29 is 23.9 Å². The summed E-state index contributed by atoms with van der Waals surface area (Å²) in [6.07, 6.45) is 0. The van der Waals surface area contributed by atoms with Gasteiger partial charge in [0.2, 0.25) is 0 Å². The fraction of sp³-hybridized carbons (Fsp3) is 0.136. The quantitative estimate of drug-likeness (QED) is 0.457. The third-order valence-corrected chi connectivity index (χ3v) is 5.02. The van der Waals surface area contributed by atoms with Crippen molar-refractivity contribution in [3.05, 3.63) is 81.5 Å². The smallest absolute Gasteiger partial charge is 0.338 e. The molecule has 1 heterocycles. The summed E-state index contributed by atoms with van der Waals surface area (Å²) in [5.74, 6) is -0.349. The zero-order chi connectivity index (χ0) is 20.8. The molecule has 3 aromatic rings. The molecule has 0 radical (unpaired) electrons. The average molecular weight is 409 g/mol. The van der Waals surface area contributed by atoms with Crippen LogP contribution in [0.4, 0.5) is 5.69 Å². The number of thiophene rings is 1. The number of carbonyl (C=O) groups is 3. The fourth-order valence-electron chi connectivity index (χ4n) is 2.66. The van der Waals surface area contributed by atoms with Gasteiger partial charge in [-0.2, -0.15) is 0 Å². The summed E-state index contributed by atoms with van der Waals surface area (Å²) in [6, 6.07) is 15.0. The number of methoxy groups -OCH3 is 1. The monoisotopic (exact) mass is 409 g/mol. The number of rotatable bonds is 7. The highest BCUT2D eigenvalue weighted by molar-refractivity contribution is 7.12. The molecular formula is C22H19NO5S. The number of benzene rings is 2. The van der Waals surface area contributed by atoms with E-state index < -0.39 is 5.97 Å². The first kappa shape index (κ1) is 20.3. The average Bonchev–Trinajstić information content (AvgIpc) is 3.27. The first-order chi connectivity index (χ1) is 14.0. The Morgan fingerprint density at radius 3 is 2.52 bits per heavy atom. The number of ether oxygens (including phenoxy) is 2. The third-order valence-electron chi connectivity index (χ3n) is 4.15. The number of hydrogen-bond acceptors (Lipinski definition) is 6. The maximum absolute atomic E-state index is 12.5. The lowest BCUT2D eigenvalue weighted by Crippen LogP contribution is -2.11. The number of ketones is 1. The second-order valence-corrected chi connectivity index (χ2v) is 7.12. The van der Waals surface area contributed by atoms with Crippen LogP contribution in [0.3, 0.4) is 0 Å². The van der Waals surface area contributed by atoms with Crippen LogP contribution in [0.2, 0.25) is 0 Å². The maximum atomic E-state index is 12.5. The Hall–Kier alpha value is -3.45. The van der Waals surface area contributed by atoms with Crippen LogP contribution in [0.5, 0.6) is 5.75 Å². The maximum Gasteiger partial charge on any atom is 0.338 e. The molecule has 2 aromatic carbocycles. The van der Waals surface area contributed by atoms with Crippen molar-refractivity contribution in [2.75, 3.05) is 12.4 Å². The van der Waals surface area contributed by atoms with E-state index in [1.54, 1.807) is 54.6 Å². The predicted molar refractivity (Wildman–Crippen MR) is 111 cm³/mol. The van der Waals surface area contributed by atoms with Crippen molar-refractivity contribution in [2.24, 2.45) is 0 Å². The molecule has 0 spiro atoms. The number of amides is 1. The van der Waals surface area contributed by atoms with Gasteiger partial charge in [0.05, 0.1) is 17.6 Å². The SMILES string of the molecule is COc1ccc(C(C)=O)cc1COC(=O)c1cccc(NC(=O)c2cccs2)c1. The van der Waals surface area contributed by atoms with Crippen LogP contribution in [-0.2, 0) is 11.3 Å². The van der Waals surface area contributed by atoms with Gasteiger partial charge in [-0.1, -0.05) is 12.1 Å². The van der Waals surface area contributed by atoms with E-state index in [-0.39, 0.29) is 18.3 Å². The Balaban J connectivity index is 1.69. The van der Waals surface area contributed by atoms with Crippen molar-refractivity contribution >= 4 is 34.7 Å². The van der Waals surface area contributed by atoms with Crippen molar-refractivity contribution in [2.45, 2.75) is 13.5 Å². The zero-order valence-electron chi connectivity index (χ0n) is 15.9. The van der Waals surface area contributed by atoms with E-state index in [1.165, 1.54) is 25.4 Å². The van der Waals surface area contributed by atoms with Gasteiger partial charge in [-0.15, -0.1) is 11.3 Å². The molecule has 1 aromatic heterocycles. The van der Waals surface area contributed by atoms with Gasteiger partial charge < -0.3 is 14.8 Å². The number of anilines is 1. The van der Waals surface area contributed by atoms with E-state index in [2.05, 4.69) is 5.32 Å². The van der Waals surface area contributed by atoms with Crippen LogP contribution in [0.15, 0.2) is 60.0 Å². The van der Waals surface area contributed by atoms with Gasteiger partial charge in [-0.05, 0) is 54.8 Å². The highest BCUT2D eigenvalue weighted by atomic mass is 32.1. The summed E-state index contributed by atoms with van der Waals surface area (Å²) >= 11 is 1.33. The Labute approximate surface area is 172 Å². The summed E-state index contributed by atoms with van der Waals surface area (Å²) in [7, 11) is 1.51. The molecule has 0 aliphatic carbocycles. The molecule has 1 N–H and O–H groups in total. The van der Waals surface area contributed by atoms with Crippen LogP contribution in [0.1, 0.15) is 42.9 Å². The lowest BCUT2D eigenvalue weighted by molar-refractivity contribution is 0.0470. The van der Waals surface area contributed by atoms with Crippen LogP contribution in [0, 0.1) is 0 Å². The highest BCUT2D eigenvalue weighted by Gasteiger charge is 2.13. The summed E-state index contributed by atoms with van der Waals surface area (Å²) in [5, 5.41) is 4.58. The van der Waals surface area contributed by atoms with Crippen LogP contribution >= 0.6 is 11.3 Å². The summed E-state index contributed by atoms with van der Waals surface area (Å²) < 4.78 is 10.6. The van der Waals surface area contributed by atoms with Crippen molar-refractivity contribution in [3.63, 3.8) is 0 Å². The van der Waals surface area contributed by atoms with Crippen molar-refractivity contribution in [3.8, 4) is 5.75 Å². The van der Waals surface area contributed by atoms with Crippen LogP contribution in [-0.4, -0.2) is 24.8 Å². The van der Waals surface area contributed by atoms with E-state index in [9.17, 15) is 14.4 Å². The zero-order valence-corrected chi connectivity index (χ0v) is 16.7. The molecule has 0 saturated heterocycles. The first-order valence-corrected chi connectivity index (χ1v) is 9.66. The van der Waals surface area contributed by atoms with Gasteiger partial charge in [0.1, 0.15) is 12.4 Å². The summed E-state index contributed by atoms with van der Waals surface area (Å²) in [6.45, 7) is 1.42. The lowest BCUT2D eigenvalue weighted by atomic mass is 10.1. The molecule has 0 fully saturated rings. The summed E-state index contributed by atoms with van der Waals surface area (Å²) in [5.41, 5.74) is 1.90. The number of Topliss-reactive ketones (excluding diaryl/α,β-unsaturated/α-hetero) is 1. The Morgan fingerprint density at radius 1 is 1.00 bits per heavy atom. The second-order valence-electron chi connectivity index (χ2n) is 6.17. The number of esters is 1. The van der Waals surface area contributed by atoms with Gasteiger partial charge in [0.25, 0.3) is 5.91 Å². The molecule has 1 amide bonds. The summed E-state index contributed by atoms with van der Waals surface area (Å²) in [4.78, 5) is 36.8. The molecule has 148 valence electrons. The van der Waals surface area contributed by atoms with E-state index in [4.69, 9.17) is 9.47 Å². The van der Waals surface area contributed by atoms with Gasteiger partial charge >= 0.3 is 5.97 Å². The lowest BCUT2D eigenvalue weighted by Gasteiger charge is -2.11. The normalized spacial score (nSPS) is 10.3. The molecule has 0 unspecified atom stereocenters. The van der Waals surface area contributed by atoms with Gasteiger partial charge in [-0.3, -0.25) is 9.59 Å². The number of nitrogens with one attached hydrogen (secondary N) is 1. The standard InChI is InChI=1S/C22H19NO5S/c1-14(24)15-8-9-19(27-2)17(11-15)13-28-22(26)16-5-3-6-18(12-16)23-21(25)20-7-4-10-29-20/h3-12H,13H2,1-2H3,(H,23,25). The van der Waals surface area contributed by atoms with Gasteiger partial charge in [0.15, 0.2) is 5.78 Å². The molecule has 3 rings (SSSR count). The molecule has 0 aliphatic rings. The molecular weight excluding hydrogens is 390 g/mol. The minimum Gasteiger partial charge on any atom is -0.496 e. The topological polar surface area (TPSA) is 81.7 Å². The molecule has 0 aliphatic heterocycles. The molecule has 7 heteroatoms. The minimum absolute atomic E-state index is 0.0467. The number of carbonyl (C=O) groups excluding carboxylic acids is 3. The second kappa shape index (κ2) is 9.16. The van der Waals surface area contributed by atoms with Gasteiger partial charge in [-0.25, -0.2) is 4.79 Å². The van der Waals surface area contributed by atoms with E-state index in [1.807, 2.05) is 5.38 Å². The van der Waals surface area contributed by atoms with E-state index in [0.29, 0.717) is 33.0 Å². The van der Waals surface area contributed by atoms with E-state index >= 15 is 0 Å². The molecule has 0 saturated carbocycles. The van der Waals surface area contributed by atoms with Crippen molar-refractivity contribution in [1.29, 1.82) is 0 Å². The van der Waals surface area contributed by atoms with Crippen LogP contribution < -0.4 is 10.1 Å². The molecule has 29 heavy (non-hydrogen) atoms. The molecule has 6 nitrogen and oxygen atoms in total. The Morgan fingerprint density at radius 2 is 1.83 bits per heavy atom. The van der Waals surface area contributed by atoms with Crippen LogP contribution in [0.25, 0.3) is 0 Å². The largest absolute Gasteiger partial charge is 0.496 e. The third kappa shape index (κ3) is 5.08. The molecule has 0 atom stereocenters. The minimum atomic E-state index is -0.549. The Bertz CT molecular complexity index is 1040. The van der Waals surface area contributed by atoms with E-state index in [0.717, 1.165) is 0 Å². The predicted octanol–water partition coefficient (Wildman–Crippen LogP) is 4.57. The molecule has 0 bridgehead atoms. The Kier molecular flexibility index (Phi) is 6.41. The number of hydrogen-bond donors (Lipinski definition) is 1. The fourth-order valence-corrected chi connectivity index (χ4v) is 3.28. The van der Waals surface area contributed by atoms with Crippen molar-refractivity contribution in [1.82, 2.24) is 0 Å². The van der Waals surface area contributed by atoms with Gasteiger partial charge in [0, 0.05) is 16.8 Å².